The van der Waals surface area contributed by atoms with E-state index in [1.54, 1.807) is 12.5 Å². The number of aliphatic hydroxyl groups is 1. The molecule has 1 N–H and O–H groups in total. The van der Waals surface area contributed by atoms with Crippen molar-refractivity contribution in [3.8, 4) is 0 Å². The highest BCUT2D eigenvalue weighted by Gasteiger charge is 2.26. The summed E-state index contributed by atoms with van der Waals surface area (Å²) < 4.78 is 7.78. The third-order valence-corrected chi connectivity index (χ3v) is 3.27. The molecule has 1 fully saturated rings. The number of ether oxygens (including phenoxy) is 1. The molecule has 0 amide bonds. The average molecular weight is 233 g/mol. The van der Waals surface area contributed by atoms with Crippen LogP contribution in [-0.2, 0) is 4.74 Å². The summed E-state index contributed by atoms with van der Waals surface area (Å²) >= 11 is 0. The first-order valence-corrected chi connectivity index (χ1v) is 5.84. The van der Waals surface area contributed by atoms with Gasteiger partial charge in [-0.1, -0.05) is 0 Å². The van der Waals surface area contributed by atoms with E-state index < -0.39 is 0 Å². The zero-order valence-electron chi connectivity index (χ0n) is 9.71. The summed E-state index contributed by atoms with van der Waals surface area (Å²) in [6.45, 7) is 2.04. The number of rotatable bonds is 2. The molecule has 1 saturated heterocycles. The molecule has 0 saturated carbocycles. The SMILES string of the molecule is Cc1nccc2c1ncn2[C@@H]1CC[C@@H](CO)O1. The fraction of sp³-hybridized carbons (Fsp3) is 0.500. The molecule has 1 aliphatic heterocycles. The van der Waals surface area contributed by atoms with Gasteiger partial charge in [0.1, 0.15) is 11.7 Å². The van der Waals surface area contributed by atoms with Gasteiger partial charge in [0.25, 0.3) is 0 Å². The van der Waals surface area contributed by atoms with Crippen molar-refractivity contribution >= 4 is 11.0 Å². The van der Waals surface area contributed by atoms with E-state index >= 15 is 0 Å². The minimum atomic E-state index is -0.0413. The maximum Gasteiger partial charge on any atom is 0.135 e. The number of nitrogens with zero attached hydrogens (tertiary/aromatic N) is 3. The molecule has 0 bridgehead atoms. The minimum absolute atomic E-state index is 0.0149. The molecule has 0 unspecified atom stereocenters. The van der Waals surface area contributed by atoms with Crippen molar-refractivity contribution in [2.24, 2.45) is 0 Å². The van der Waals surface area contributed by atoms with Crippen molar-refractivity contribution in [3.05, 3.63) is 24.3 Å². The lowest BCUT2D eigenvalue weighted by atomic mass is 10.2. The summed E-state index contributed by atoms with van der Waals surface area (Å²) in [6.07, 6.45) is 5.33. The molecule has 2 aromatic heterocycles. The van der Waals surface area contributed by atoms with Gasteiger partial charge >= 0.3 is 0 Å². The number of fused-ring (bicyclic) bond motifs is 1. The molecule has 2 aromatic rings. The van der Waals surface area contributed by atoms with E-state index in [0.717, 1.165) is 29.6 Å². The molecule has 0 aromatic carbocycles. The fourth-order valence-electron chi connectivity index (χ4n) is 2.35. The Hall–Kier alpha value is -1.46. The van der Waals surface area contributed by atoms with Crippen LogP contribution < -0.4 is 0 Å². The van der Waals surface area contributed by atoms with Crippen LogP contribution in [0.4, 0.5) is 0 Å². The summed E-state index contributed by atoms with van der Waals surface area (Å²) in [5.41, 5.74) is 2.89. The number of hydrogen-bond acceptors (Lipinski definition) is 4. The van der Waals surface area contributed by atoms with Gasteiger partial charge in [-0.25, -0.2) is 4.98 Å². The maximum atomic E-state index is 9.08. The molecule has 3 rings (SSSR count). The first-order valence-electron chi connectivity index (χ1n) is 5.84. The summed E-state index contributed by atoms with van der Waals surface area (Å²) in [5.74, 6) is 0. The highest BCUT2D eigenvalue weighted by atomic mass is 16.5. The molecule has 90 valence electrons. The minimum Gasteiger partial charge on any atom is -0.394 e. The molecular weight excluding hydrogens is 218 g/mol. The van der Waals surface area contributed by atoms with Crippen LogP contribution in [-0.4, -0.2) is 32.4 Å². The number of pyridine rings is 1. The molecule has 2 atom stereocenters. The number of aliphatic hydroxyl groups excluding tert-OH is 1. The summed E-state index contributed by atoms with van der Waals surface area (Å²) in [4.78, 5) is 8.59. The molecule has 1 aliphatic rings. The fourth-order valence-corrected chi connectivity index (χ4v) is 2.35. The Kier molecular flexibility index (Phi) is 2.57. The van der Waals surface area contributed by atoms with Gasteiger partial charge in [0.2, 0.25) is 0 Å². The highest BCUT2D eigenvalue weighted by Crippen LogP contribution is 2.30. The van der Waals surface area contributed by atoms with E-state index in [1.807, 2.05) is 17.6 Å². The van der Waals surface area contributed by atoms with Crippen molar-refractivity contribution < 1.29 is 9.84 Å². The standard InChI is InChI=1S/C12H15N3O2/c1-8-12-10(4-5-13-8)15(7-14-12)11-3-2-9(6-16)17-11/h4-5,7,9,11,16H,2-3,6H2,1H3/t9-,11-/m0/s1. The lowest BCUT2D eigenvalue weighted by molar-refractivity contribution is -0.0204. The Morgan fingerprint density at radius 3 is 3.12 bits per heavy atom. The topological polar surface area (TPSA) is 60.2 Å². The van der Waals surface area contributed by atoms with E-state index in [9.17, 15) is 0 Å². The van der Waals surface area contributed by atoms with Gasteiger partial charge in [0.05, 0.1) is 30.2 Å². The summed E-state index contributed by atoms with van der Waals surface area (Å²) in [6, 6.07) is 1.95. The van der Waals surface area contributed by atoms with Gasteiger partial charge in [0, 0.05) is 6.20 Å². The molecule has 5 heteroatoms. The van der Waals surface area contributed by atoms with Crippen LogP contribution in [0, 0.1) is 6.92 Å². The summed E-state index contributed by atoms with van der Waals surface area (Å²) in [7, 11) is 0. The van der Waals surface area contributed by atoms with E-state index in [-0.39, 0.29) is 18.9 Å². The maximum absolute atomic E-state index is 9.08. The molecule has 0 spiro atoms. The Labute approximate surface area is 99.1 Å². The Balaban J connectivity index is 1.99. The van der Waals surface area contributed by atoms with Crippen LogP contribution in [0.1, 0.15) is 24.8 Å². The Bertz CT molecular complexity index is 538. The quantitative estimate of drug-likeness (QED) is 0.852. The van der Waals surface area contributed by atoms with Crippen LogP contribution in [0.15, 0.2) is 18.6 Å². The predicted octanol–water partition coefficient (Wildman–Crippen LogP) is 1.41. The number of aryl methyl sites for hydroxylation is 1. The Morgan fingerprint density at radius 2 is 2.35 bits per heavy atom. The second-order valence-electron chi connectivity index (χ2n) is 4.39. The van der Waals surface area contributed by atoms with Crippen molar-refractivity contribution in [3.63, 3.8) is 0 Å². The third kappa shape index (κ3) is 1.71. The first-order chi connectivity index (χ1) is 8.29. The van der Waals surface area contributed by atoms with Gasteiger partial charge in [-0.3, -0.25) is 4.98 Å². The largest absolute Gasteiger partial charge is 0.394 e. The van der Waals surface area contributed by atoms with Crippen molar-refractivity contribution in [1.82, 2.24) is 14.5 Å². The number of aromatic nitrogens is 3. The highest BCUT2D eigenvalue weighted by molar-refractivity contribution is 5.77. The smallest absolute Gasteiger partial charge is 0.135 e. The van der Waals surface area contributed by atoms with E-state index in [4.69, 9.17) is 9.84 Å². The molecule has 0 aliphatic carbocycles. The van der Waals surface area contributed by atoms with Gasteiger partial charge in [-0.05, 0) is 25.8 Å². The molecule has 0 radical (unpaired) electrons. The summed E-state index contributed by atoms with van der Waals surface area (Å²) in [5, 5.41) is 9.08. The van der Waals surface area contributed by atoms with E-state index in [0.29, 0.717) is 0 Å². The molecule has 5 nitrogen and oxygen atoms in total. The van der Waals surface area contributed by atoms with Gasteiger partial charge in [0.15, 0.2) is 0 Å². The monoisotopic (exact) mass is 233 g/mol. The van der Waals surface area contributed by atoms with Crippen LogP contribution in [0.2, 0.25) is 0 Å². The van der Waals surface area contributed by atoms with Gasteiger partial charge in [-0.2, -0.15) is 0 Å². The molecule has 17 heavy (non-hydrogen) atoms. The average Bonchev–Trinajstić information content (AvgIpc) is 2.94. The first kappa shape index (κ1) is 10.7. The van der Waals surface area contributed by atoms with Crippen molar-refractivity contribution in [2.45, 2.75) is 32.1 Å². The van der Waals surface area contributed by atoms with Gasteiger partial charge in [-0.15, -0.1) is 0 Å². The molecule has 3 heterocycles. The van der Waals surface area contributed by atoms with Crippen LogP contribution in [0.3, 0.4) is 0 Å². The lowest BCUT2D eigenvalue weighted by Crippen LogP contribution is -2.13. The van der Waals surface area contributed by atoms with E-state index in [1.165, 1.54) is 0 Å². The predicted molar refractivity (Wildman–Crippen MR) is 62.5 cm³/mol. The lowest BCUT2D eigenvalue weighted by Gasteiger charge is -2.14. The molecular formula is C12H15N3O2. The van der Waals surface area contributed by atoms with Crippen LogP contribution >= 0.6 is 0 Å². The zero-order chi connectivity index (χ0) is 11.8. The van der Waals surface area contributed by atoms with Crippen molar-refractivity contribution in [1.29, 1.82) is 0 Å². The number of hydrogen-bond donors (Lipinski definition) is 1. The van der Waals surface area contributed by atoms with Crippen LogP contribution in [0.5, 0.6) is 0 Å². The second-order valence-corrected chi connectivity index (χ2v) is 4.39. The third-order valence-electron chi connectivity index (χ3n) is 3.27. The zero-order valence-corrected chi connectivity index (χ0v) is 9.71. The van der Waals surface area contributed by atoms with Crippen LogP contribution in [0.25, 0.3) is 11.0 Å². The van der Waals surface area contributed by atoms with Crippen molar-refractivity contribution in [2.75, 3.05) is 6.61 Å². The van der Waals surface area contributed by atoms with Gasteiger partial charge < -0.3 is 14.4 Å². The second kappa shape index (κ2) is 4.09. The Morgan fingerprint density at radius 1 is 1.47 bits per heavy atom. The number of imidazole rings is 1. The van der Waals surface area contributed by atoms with E-state index in [2.05, 4.69) is 9.97 Å². The normalized spacial score (nSPS) is 24.6.